The Morgan fingerprint density at radius 1 is 1.25 bits per heavy atom. The van der Waals surface area contributed by atoms with Gasteiger partial charge in [-0.15, -0.1) is 13.2 Å². The third kappa shape index (κ3) is 4.15. The number of ether oxygens (including phenoxy) is 1. The highest BCUT2D eigenvalue weighted by atomic mass is 19.4. The number of amides is 1. The zero-order valence-corrected chi connectivity index (χ0v) is 12.0. The zero-order chi connectivity index (χ0) is 17.9. The van der Waals surface area contributed by atoms with Crippen LogP contribution in [0.5, 0.6) is 5.88 Å². The lowest BCUT2D eigenvalue weighted by molar-refractivity contribution is -0.384. The summed E-state index contributed by atoms with van der Waals surface area (Å²) in [7, 11) is 0. The quantitative estimate of drug-likeness (QED) is 0.626. The highest BCUT2D eigenvalue weighted by molar-refractivity contribution is 5.98. The molecule has 0 aliphatic carbocycles. The van der Waals surface area contributed by atoms with Gasteiger partial charge in [0.15, 0.2) is 0 Å². The van der Waals surface area contributed by atoms with Gasteiger partial charge in [0.1, 0.15) is 5.82 Å². The highest BCUT2D eigenvalue weighted by Crippen LogP contribution is 2.29. The van der Waals surface area contributed by atoms with Gasteiger partial charge < -0.3 is 4.74 Å². The molecule has 0 spiro atoms. The van der Waals surface area contributed by atoms with Gasteiger partial charge in [-0.25, -0.2) is 9.97 Å². The van der Waals surface area contributed by atoms with Crippen molar-refractivity contribution in [3.05, 3.63) is 46.8 Å². The van der Waals surface area contributed by atoms with E-state index in [0.717, 1.165) is 42.4 Å². The number of carbonyl (C=O) groups is 1. The Hall–Kier alpha value is -3.24. The van der Waals surface area contributed by atoms with Crippen LogP contribution >= 0.6 is 0 Å². The summed E-state index contributed by atoms with van der Waals surface area (Å²) in [5.74, 6) is -1.52. The molecule has 2 aromatic rings. The molecule has 0 bridgehead atoms. The number of pyridine rings is 2. The average Bonchev–Trinajstić information content (AvgIpc) is 2.46. The van der Waals surface area contributed by atoms with Crippen LogP contribution in [-0.4, -0.2) is 27.2 Å². The standard InChI is InChI=1S/C13H9F3N4O4/c1-8(21)19(11-6-10(20(22)23)3-4-17-11)9-2-5-18-12(7-9)24-13(14,15)16/h2-7H,1H3. The third-order valence-electron chi connectivity index (χ3n) is 2.68. The largest absolute Gasteiger partial charge is 0.574 e. The molecule has 0 saturated carbocycles. The lowest BCUT2D eigenvalue weighted by Gasteiger charge is -2.20. The van der Waals surface area contributed by atoms with Gasteiger partial charge in [0, 0.05) is 31.5 Å². The second kappa shape index (κ2) is 6.48. The van der Waals surface area contributed by atoms with Gasteiger partial charge in [-0.05, 0) is 6.07 Å². The first-order valence-electron chi connectivity index (χ1n) is 6.30. The number of aromatic nitrogens is 2. The van der Waals surface area contributed by atoms with Crippen molar-refractivity contribution in [3.8, 4) is 5.88 Å². The number of nitro groups is 1. The Balaban J connectivity index is 2.45. The van der Waals surface area contributed by atoms with Gasteiger partial charge in [-0.2, -0.15) is 0 Å². The van der Waals surface area contributed by atoms with Crippen molar-refractivity contribution in [3.63, 3.8) is 0 Å². The molecule has 0 atom stereocenters. The molecule has 8 nitrogen and oxygen atoms in total. The van der Waals surface area contributed by atoms with Gasteiger partial charge in [0.05, 0.1) is 16.7 Å². The molecule has 0 aromatic carbocycles. The molecule has 126 valence electrons. The molecular weight excluding hydrogens is 333 g/mol. The van der Waals surface area contributed by atoms with Gasteiger partial charge >= 0.3 is 6.36 Å². The first-order chi connectivity index (χ1) is 11.2. The fourth-order valence-electron chi connectivity index (χ4n) is 1.83. The van der Waals surface area contributed by atoms with Crippen LogP contribution in [0.25, 0.3) is 0 Å². The number of rotatable bonds is 4. The molecule has 2 rings (SSSR count). The second-order valence-electron chi connectivity index (χ2n) is 4.38. The molecule has 0 aliphatic heterocycles. The fraction of sp³-hybridized carbons (Fsp3) is 0.154. The number of halogens is 3. The predicted molar refractivity (Wildman–Crippen MR) is 74.6 cm³/mol. The van der Waals surface area contributed by atoms with Crippen molar-refractivity contribution in [1.29, 1.82) is 0 Å². The number of hydrogen-bond donors (Lipinski definition) is 0. The summed E-state index contributed by atoms with van der Waals surface area (Å²) in [6.45, 7) is 1.13. The molecule has 11 heteroatoms. The molecule has 24 heavy (non-hydrogen) atoms. The Labute approximate surface area is 132 Å². The lowest BCUT2D eigenvalue weighted by atomic mass is 10.3. The van der Waals surface area contributed by atoms with Crippen molar-refractivity contribution in [2.24, 2.45) is 0 Å². The summed E-state index contributed by atoms with van der Waals surface area (Å²) in [4.78, 5) is 30.1. The smallest absolute Gasteiger partial charge is 0.388 e. The molecule has 0 fully saturated rings. The monoisotopic (exact) mass is 342 g/mol. The van der Waals surface area contributed by atoms with Crippen LogP contribution in [0.15, 0.2) is 36.7 Å². The molecule has 1 amide bonds. The topological polar surface area (TPSA) is 98.5 Å². The van der Waals surface area contributed by atoms with Crippen LogP contribution < -0.4 is 9.64 Å². The van der Waals surface area contributed by atoms with E-state index in [4.69, 9.17) is 0 Å². The molecule has 0 unspecified atom stereocenters. The minimum Gasteiger partial charge on any atom is -0.388 e. The van der Waals surface area contributed by atoms with Gasteiger partial charge in [-0.3, -0.25) is 19.8 Å². The second-order valence-corrected chi connectivity index (χ2v) is 4.38. The van der Waals surface area contributed by atoms with Gasteiger partial charge in [-0.1, -0.05) is 0 Å². The lowest BCUT2D eigenvalue weighted by Crippen LogP contribution is -2.24. The van der Waals surface area contributed by atoms with Crippen LogP contribution in [0.4, 0.5) is 30.4 Å². The molecular formula is C13H9F3N4O4. The summed E-state index contributed by atoms with van der Waals surface area (Å²) in [5, 5.41) is 10.8. The van der Waals surface area contributed by atoms with Crippen molar-refractivity contribution in [2.45, 2.75) is 13.3 Å². The van der Waals surface area contributed by atoms with Crippen molar-refractivity contribution in [1.82, 2.24) is 9.97 Å². The zero-order valence-electron chi connectivity index (χ0n) is 12.0. The van der Waals surface area contributed by atoms with Crippen LogP contribution in [-0.2, 0) is 4.79 Å². The Morgan fingerprint density at radius 2 is 1.92 bits per heavy atom. The number of nitrogens with zero attached hydrogens (tertiary/aromatic N) is 4. The van der Waals surface area contributed by atoms with E-state index in [0.29, 0.717) is 0 Å². The number of anilines is 2. The predicted octanol–water partition coefficient (Wildman–Crippen LogP) is 2.97. The molecule has 0 N–H and O–H groups in total. The van der Waals surface area contributed by atoms with Crippen LogP contribution in [0.1, 0.15) is 6.92 Å². The van der Waals surface area contributed by atoms with Crippen molar-refractivity contribution in [2.75, 3.05) is 4.90 Å². The minimum absolute atomic E-state index is 0.0373. The first-order valence-corrected chi connectivity index (χ1v) is 6.30. The Kier molecular flexibility index (Phi) is 4.62. The van der Waals surface area contributed by atoms with E-state index in [9.17, 15) is 28.1 Å². The molecule has 2 heterocycles. The Bertz CT molecular complexity index is 782. The molecule has 0 radical (unpaired) electrons. The number of alkyl halides is 3. The maximum atomic E-state index is 12.3. The van der Waals surface area contributed by atoms with Gasteiger partial charge in [0.2, 0.25) is 11.8 Å². The molecule has 0 saturated heterocycles. The molecule has 2 aromatic heterocycles. The Morgan fingerprint density at radius 3 is 2.50 bits per heavy atom. The SMILES string of the molecule is CC(=O)N(c1ccnc(OC(F)(F)F)c1)c1cc([N+](=O)[O-])ccn1. The number of carbonyl (C=O) groups excluding carboxylic acids is 1. The van der Waals surface area contributed by atoms with E-state index in [1.54, 1.807) is 0 Å². The summed E-state index contributed by atoms with van der Waals surface area (Å²) < 4.78 is 40.5. The van der Waals surface area contributed by atoms with E-state index in [2.05, 4.69) is 14.7 Å². The van der Waals surface area contributed by atoms with Crippen LogP contribution in [0.2, 0.25) is 0 Å². The van der Waals surface area contributed by atoms with Gasteiger partial charge in [0.25, 0.3) is 5.69 Å². The first kappa shape index (κ1) is 17.1. The maximum absolute atomic E-state index is 12.3. The third-order valence-corrected chi connectivity index (χ3v) is 2.68. The fourth-order valence-corrected chi connectivity index (χ4v) is 1.83. The van der Waals surface area contributed by atoms with E-state index in [-0.39, 0.29) is 17.2 Å². The average molecular weight is 342 g/mol. The molecule has 0 aliphatic rings. The van der Waals surface area contributed by atoms with Crippen molar-refractivity contribution < 1.29 is 27.6 Å². The van der Waals surface area contributed by atoms with Crippen molar-refractivity contribution >= 4 is 23.1 Å². The minimum atomic E-state index is -4.95. The van der Waals surface area contributed by atoms with E-state index in [1.165, 1.54) is 6.07 Å². The van der Waals surface area contributed by atoms with Crippen LogP contribution in [0, 0.1) is 10.1 Å². The van der Waals surface area contributed by atoms with E-state index >= 15 is 0 Å². The normalized spacial score (nSPS) is 11.0. The van der Waals surface area contributed by atoms with E-state index in [1.807, 2.05) is 0 Å². The summed E-state index contributed by atoms with van der Waals surface area (Å²) in [6, 6.07) is 4.25. The number of hydrogen-bond acceptors (Lipinski definition) is 6. The summed E-state index contributed by atoms with van der Waals surface area (Å²) in [6.07, 6.45) is -2.84. The van der Waals surface area contributed by atoms with E-state index < -0.39 is 23.1 Å². The van der Waals surface area contributed by atoms with Crippen LogP contribution in [0.3, 0.4) is 0 Å². The maximum Gasteiger partial charge on any atom is 0.574 e. The summed E-state index contributed by atoms with van der Waals surface area (Å²) >= 11 is 0. The summed E-state index contributed by atoms with van der Waals surface area (Å²) in [5.41, 5.74) is -0.364. The highest BCUT2D eigenvalue weighted by Gasteiger charge is 2.32.